The third-order valence-corrected chi connectivity index (χ3v) is 5.00. The summed E-state index contributed by atoms with van der Waals surface area (Å²) in [5, 5.41) is 5.51. The van der Waals surface area contributed by atoms with E-state index in [0.717, 1.165) is 5.82 Å². The lowest BCUT2D eigenvalue weighted by atomic mass is 10.0. The Hall–Kier alpha value is -3.48. The fourth-order valence-electron chi connectivity index (χ4n) is 3.30. The van der Waals surface area contributed by atoms with Crippen molar-refractivity contribution in [1.82, 2.24) is 20.2 Å². The average molecular weight is 423 g/mol. The zero-order valence-corrected chi connectivity index (χ0v) is 17.7. The van der Waals surface area contributed by atoms with Crippen molar-refractivity contribution in [1.29, 1.82) is 0 Å². The Morgan fingerprint density at radius 3 is 2.48 bits per heavy atom. The van der Waals surface area contributed by atoms with E-state index in [1.54, 1.807) is 12.3 Å². The van der Waals surface area contributed by atoms with Crippen molar-refractivity contribution < 1.29 is 14.0 Å². The van der Waals surface area contributed by atoms with Crippen molar-refractivity contribution in [2.75, 3.05) is 6.54 Å². The number of carbonyl (C=O) groups excluding carboxylic acids is 2. The van der Waals surface area contributed by atoms with E-state index in [9.17, 15) is 14.0 Å². The van der Waals surface area contributed by atoms with Crippen molar-refractivity contribution in [2.45, 2.75) is 32.9 Å². The fourth-order valence-corrected chi connectivity index (χ4v) is 3.30. The number of hydrogen-bond acceptors (Lipinski definition) is 3. The van der Waals surface area contributed by atoms with Gasteiger partial charge in [0.2, 0.25) is 5.91 Å². The van der Waals surface area contributed by atoms with Crippen LogP contribution in [0.3, 0.4) is 0 Å². The first-order chi connectivity index (χ1) is 15.0. The summed E-state index contributed by atoms with van der Waals surface area (Å²) < 4.78 is 15.9. The third kappa shape index (κ3) is 6.01. The highest BCUT2D eigenvalue weighted by atomic mass is 19.1. The largest absolute Gasteiger partial charge is 0.354 e. The fraction of sp³-hybridized carbons (Fsp3) is 0.292. The van der Waals surface area contributed by atoms with E-state index in [0.29, 0.717) is 19.5 Å². The first-order valence-corrected chi connectivity index (χ1v) is 10.3. The van der Waals surface area contributed by atoms with Gasteiger partial charge in [-0.15, -0.1) is 0 Å². The number of carbonyl (C=O) groups is 2. The van der Waals surface area contributed by atoms with Crippen molar-refractivity contribution in [2.24, 2.45) is 5.92 Å². The smallest absolute Gasteiger partial charge is 0.254 e. The van der Waals surface area contributed by atoms with E-state index in [1.165, 1.54) is 23.8 Å². The molecule has 0 radical (unpaired) electrons. The van der Waals surface area contributed by atoms with Crippen LogP contribution in [0.2, 0.25) is 0 Å². The zero-order chi connectivity index (χ0) is 22.2. The lowest BCUT2D eigenvalue weighted by Gasteiger charge is -2.22. The molecule has 0 saturated heterocycles. The summed E-state index contributed by atoms with van der Waals surface area (Å²) in [4.78, 5) is 29.5. The predicted molar refractivity (Wildman–Crippen MR) is 117 cm³/mol. The second-order valence-electron chi connectivity index (χ2n) is 7.67. The van der Waals surface area contributed by atoms with Crippen LogP contribution in [0, 0.1) is 11.7 Å². The summed E-state index contributed by atoms with van der Waals surface area (Å²) in [7, 11) is 0. The minimum atomic E-state index is -0.767. The van der Waals surface area contributed by atoms with Crippen LogP contribution in [-0.4, -0.2) is 34.0 Å². The van der Waals surface area contributed by atoms with Crippen LogP contribution in [-0.2, 0) is 17.8 Å². The summed E-state index contributed by atoms with van der Waals surface area (Å²) in [6.07, 6.45) is 4.21. The molecular formula is C24H27FN4O2. The third-order valence-electron chi connectivity index (χ3n) is 5.00. The summed E-state index contributed by atoms with van der Waals surface area (Å²) >= 11 is 0. The SMILES string of the molecule is CC(C)C(NC(=O)c1ccccc1F)C(=O)NCCc1nccn1Cc1ccccc1. The molecule has 1 heterocycles. The molecule has 7 heteroatoms. The van der Waals surface area contributed by atoms with Crippen LogP contribution in [0.4, 0.5) is 4.39 Å². The maximum Gasteiger partial charge on any atom is 0.254 e. The molecule has 0 saturated carbocycles. The molecule has 0 spiro atoms. The lowest BCUT2D eigenvalue weighted by molar-refractivity contribution is -0.123. The normalized spacial score (nSPS) is 11.9. The van der Waals surface area contributed by atoms with Gasteiger partial charge < -0.3 is 15.2 Å². The molecule has 0 fully saturated rings. The second kappa shape index (κ2) is 10.5. The Morgan fingerprint density at radius 2 is 1.77 bits per heavy atom. The number of aromatic nitrogens is 2. The molecule has 0 aliphatic rings. The topological polar surface area (TPSA) is 76.0 Å². The van der Waals surface area contributed by atoms with Gasteiger partial charge in [0, 0.05) is 31.9 Å². The van der Waals surface area contributed by atoms with Gasteiger partial charge in [-0.2, -0.15) is 0 Å². The highest BCUT2D eigenvalue weighted by Gasteiger charge is 2.25. The zero-order valence-electron chi connectivity index (χ0n) is 17.7. The summed E-state index contributed by atoms with van der Waals surface area (Å²) in [6.45, 7) is 4.75. The number of amides is 2. The van der Waals surface area contributed by atoms with E-state index in [1.807, 2.05) is 42.8 Å². The number of hydrogen-bond donors (Lipinski definition) is 2. The maximum atomic E-state index is 13.9. The molecule has 6 nitrogen and oxygen atoms in total. The van der Waals surface area contributed by atoms with E-state index in [4.69, 9.17) is 0 Å². The minimum Gasteiger partial charge on any atom is -0.354 e. The number of rotatable bonds is 9. The predicted octanol–water partition coefficient (Wildman–Crippen LogP) is 3.18. The first kappa shape index (κ1) is 22.2. The molecule has 0 aliphatic carbocycles. The molecule has 1 unspecified atom stereocenters. The Balaban J connectivity index is 1.56. The highest BCUT2D eigenvalue weighted by molar-refractivity contribution is 5.97. The van der Waals surface area contributed by atoms with Gasteiger partial charge in [0.25, 0.3) is 5.91 Å². The Labute approximate surface area is 181 Å². The van der Waals surface area contributed by atoms with Gasteiger partial charge in [-0.05, 0) is 23.6 Å². The van der Waals surface area contributed by atoms with E-state index < -0.39 is 17.8 Å². The number of nitrogens with one attached hydrogen (secondary N) is 2. The van der Waals surface area contributed by atoms with Gasteiger partial charge >= 0.3 is 0 Å². The summed E-state index contributed by atoms with van der Waals surface area (Å²) in [6, 6.07) is 15.0. The quantitative estimate of drug-likeness (QED) is 0.556. The van der Waals surface area contributed by atoms with Gasteiger partial charge in [-0.1, -0.05) is 56.3 Å². The van der Waals surface area contributed by atoms with Crippen LogP contribution in [0.15, 0.2) is 67.0 Å². The van der Waals surface area contributed by atoms with Gasteiger partial charge in [-0.3, -0.25) is 9.59 Å². The van der Waals surface area contributed by atoms with Crippen LogP contribution in [0.5, 0.6) is 0 Å². The molecule has 0 bridgehead atoms. The van der Waals surface area contributed by atoms with E-state index in [2.05, 4.69) is 27.8 Å². The highest BCUT2D eigenvalue weighted by Crippen LogP contribution is 2.09. The average Bonchev–Trinajstić information content (AvgIpc) is 3.19. The van der Waals surface area contributed by atoms with Crippen molar-refractivity contribution >= 4 is 11.8 Å². The molecule has 3 rings (SSSR count). The molecular weight excluding hydrogens is 395 g/mol. The van der Waals surface area contributed by atoms with Gasteiger partial charge in [0.15, 0.2) is 0 Å². The maximum absolute atomic E-state index is 13.9. The summed E-state index contributed by atoms with van der Waals surface area (Å²) in [5.74, 6) is -0.823. The molecule has 2 N–H and O–H groups in total. The molecule has 1 aromatic heterocycles. The van der Waals surface area contributed by atoms with Gasteiger partial charge in [0.1, 0.15) is 17.7 Å². The summed E-state index contributed by atoms with van der Waals surface area (Å²) in [5.41, 5.74) is 1.09. The van der Waals surface area contributed by atoms with Gasteiger partial charge in [0.05, 0.1) is 5.56 Å². The standard InChI is InChI=1S/C24H27FN4O2/c1-17(2)22(28-23(30)19-10-6-7-11-20(19)25)24(31)27-13-12-21-26-14-15-29(21)16-18-8-4-3-5-9-18/h3-11,14-15,17,22H,12-13,16H2,1-2H3,(H,27,31)(H,28,30). The van der Waals surface area contributed by atoms with Crippen molar-refractivity contribution in [3.8, 4) is 0 Å². The van der Waals surface area contributed by atoms with Crippen LogP contribution in [0.25, 0.3) is 0 Å². The Bertz CT molecular complexity index is 1020. The molecule has 0 aliphatic heterocycles. The molecule has 2 aromatic carbocycles. The Kier molecular flexibility index (Phi) is 7.54. The van der Waals surface area contributed by atoms with E-state index in [-0.39, 0.29) is 17.4 Å². The molecule has 162 valence electrons. The number of benzene rings is 2. The van der Waals surface area contributed by atoms with Gasteiger partial charge in [-0.25, -0.2) is 9.37 Å². The number of halogens is 1. The van der Waals surface area contributed by atoms with E-state index >= 15 is 0 Å². The van der Waals surface area contributed by atoms with Crippen LogP contribution >= 0.6 is 0 Å². The Morgan fingerprint density at radius 1 is 1.06 bits per heavy atom. The molecule has 1 atom stereocenters. The number of imidazole rings is 1. The minimum absolute atomic E-state index is 0.0797. The molecule has 31 heavy (non-hydrogen) atoms. The molecule has 2 amide bonds. The lowest BCUT2D eigenvalue weighted by Crippen LogP contribution is -2.50. The number of nitrogens with zero attached hydrogens (tertiary/aromatic N) is 2. The monoisotopic (exact) mass is 422 g/mol. The van der Waals surface area contributed by atoms with Crippen LogP contribution < -0.4 is 10.6 Å². The van der Waals surface area contributed by atoms with Crippen molar-refractivity contribution in [3.05, 3.63) is 89.8 Å². The van der Waals surface area contributed by atoms with Crippen LogP contribution in [0.1, 0.15) is 35.6 Å². The molecule has 3 aromatic rings. The first-order valence-electron chi connectivity index (χ1n) is 10.3. The second-order valence-corrected chi connectivity index (χ2v) is 7.67. The van der Waals surface area contributed by atoms with Crippen molar-refractivity contribution in [3.63, 3.8) is 0 Å².